The molecule has 2 aromatic rings. The minimum Gasteiger partial charge on any atom is -0.348 e. The van der Waals surface area contributed by atoms with Crippen molar-refractivity contribution in [1.29, 1.82) is 0 Å². The Morgan fingerprint density at radius 2 is 2.13 bits per heavy atom. The molecule has 2 heterocycles. The minimum absolute atomic E-state index is 0.00638. The molecule has 0 fully saturated rings. The van der Waals surface area contributed by atoms with Crippen LogP contribution in [0.3, 0.4) is 0 Å². The number of aryl methyl sites for hydroxylation is 1. The summed E-state index contributed by atoms with van der Waals surface area (Å²) in [6.45, 7) is 7.34. The van der Waals surface area contributed by atoms with E-state index < -0.39 is 4.92 Å². The molecule has 0 aliphatic heterocycles. The third kappa shape index (κ3) is 3.55. The Hall–Kier alpha value is -2.71. The third-order valence-corrected chi connectivity index (χ3v) is 3.67. The molecule has 0 saturated carbocycles. The van der Waals surface area contributed by atoms with Crippen molar-refractivity contribution in [1.82, 2.24) is 24.9 Å². The van der Waals surface area contributed by atoms with Crippen LogP contribution in [0.15, 0.2) is 12.3 Å². The number of hydrogen-bond donors (Lipinski definition) is 1. The molecule has 0 aliphatic rings. The van der Waals surface area contributed by atoms with Gasteiger partial charge in [0.1, 0.15) is 23.8 Å². The van der Waals surface area contributed by atoms with Crippen molar-refractivity contribution in [3.8, 4) is 0 Å². The van der Waals surface area contributed by atoms with E-state index in [2.05, 4.69) is 15.5 Å². The van der Waals surface area contributed by atoms with E-state index in [4.69, 9.17) is 0 Å². The van der Waals surface area contributed by atoms with E-state index in [1.54, 1.807) is 26.1 Å². The highest BCUT2D eigenvalue weighted by Gasteiger charge is 2.22. The van der Waals surface area contributed by atoms with Gasteiger partial charge >= 0.3 is 5.69 Å². The molecule has 1 unspecified atom stereocenters. The largest absolute Gasteiger partial charge is 0.348 e. The predicted molar refractivity (Wildman–Crippen MR) is 83.2 cm³/mol. The van der Waals surface area contributed by atoms with Crippen molar-refractivity contribution in [3.63, 3.8) is 0 Å². The summed E-state index contributed by atoms with van der Waals surface area (Å²) >= 11 is 0. The maximum Gasteiger partial charge on any atom is 0.312 e. The zero-order valence-corrected chi connectivity index (χ0v) is 13.6. The standard InChI is InChI=1S/C14H20N6O3/c1-5-9(2)15-14(21)12-6-7-18(17-12)8-19-11(4)13(20(22)23)10(3)16-19/h6-7,9H,5,8H2,1-4H3,(H,15,21). The molecule has 0 bridgehead atoms. The molecule has 1 atom stereocenters. The van der Waals surface area contributed by atoms with Crippen molar-refractivity contribution in [2.75, 3.05) is 0 Å². The van der Waals surface area contributed by atoms with Crippen LogP contribution in [0.2, 0.25) is 0 Å². The third-order valence-electron chi connectivity index (χ3n) is 3.67. The second-order valence-electron chi connectivity index (χ2n) is 5.44. The number of aromatic nitrogens is 4. The Bertz CT molecular complexity index is 733. The van der Waals surface area contributed by atoms with Crippen molar-refractivity contribution in [2.45, 2.75) is 46.8 Å². The van der Waals surface area contributed by atoms with Crippen LogP contribution >= 0.6 is 0 Å². The summed E-state index contributed by atoms with van der Waals surface area (Å²) in [5.74, 6) is -0.238. The quantitative estimate of drug-likeness (QED) is 0.643. The highest BCUT2D eigenvalue weighted by atomic mass is 16.6. The maximum atomic E-state index is 12.0. The molecular formula is C14H20N6O3. The second-order valence-corrected chi connectivity index (χ2v) is 5.44. The molecule has 1 N–H and O–H groups in total. The van der Waals surface area contributed by atoms with E-state index in [0.29, 0.717) is 17.1 Å². The number of nitro groups is 1. The van der Waals surface area contributed by atoms with Crippen LogP contribution in [0.5, 0.6) is 0 Å². The molecule has 9 nitrogen and oxygen atoms in total. The van der Waals surface area contributed by atoms with Gasteiger partial charge in [0.25, 0.3) is 5.91 Å². The van der Waals surface area contributed by atoms with Crippen LogP contribution in [0.4, 0.5) is 5.69 Å². The van der Waals surface area contributed by atoms with E-state index >= 15 is 0 Å². The Morgan fingerprint density at radius 1 is 1.43 bits per heavy atom. The summed E-state index contributed by atoms with van der Waals surface area (Å²) in [6.07, 6.45) is 2.48. The van der Waals surface area contributed by atoms with Gasteiger partial charge in [-0.25, -0.2) is 4.68 Å². The summed E-state index contributed by atoms with van der Waals surface area (Å²) in [7, 11) is 0. The number of rotatable bonds is 6. The molecule has 0 aliphatic carbocycles. The smallest absolute Gasteiger partial charge is 0.312 e. The number of nitrogens with zero attached hydrogens (tertiary/aromatic N) is 5. The van der Waals surface area contributed by atoms with Gasteiger partial charge < -0.3 is 5.32 Å². The highest BCUT2D eigenvalue weighted by molar-refractivity contribution is 5.92. The van der Waals surface area contributed by atoms with Crippen LogP contribution < -0.4 is 5.32 Å². The van der Waals surface area contributed by atoms with Gasteiger partial charge in [-0.05, 0) is 33.3 Å². The number of carbonyl (C=O) groups excluding carboxylic acids is 1. The average Bonchev–Trinajstić information content (AvgIpc) is 3.04. The normalized spacial score (nSPS) is 12.2. The fraction of sp³-hybridized carbons (Fsp3) is 0.500. The Balaban J connectivity index is 2.15. The zero-order valence-electron chi connectivity index (χ0n) is 13.6. The number of carbonyl (C=O) groups is 1. The average molecular weight is 320 g/mol. The molecule has 23 heavy (non-hydrogen) atoms. The van der Waals surface area contributed by atoms with Gasteiger partial charge in [0.15, 0.2) is 0 Å². The fourth-order valence-electron chi connectivity index (χ4n) is 2.19. The summed E-state index contributed by atoms with van der Waals surface area (Å²) in [4.78, 5) is 22.6. The van der Waals surface area contributed by atoms with Crippen LogP contribution in [-0.4, -0.2) is 36.4 Å². The van der Waals surface area contributed by atoms with Crippen LogP contribution in [-0.2, 0) is 6.67 Å². The number of hydrogen-bond acceptors (Lipinski definition) is 5. The van der Waals surface area contributed by atoms with Crippen molar-refractivity contribution in [3.05, 3.63) is 39.5 Å². The van der Waals surface area contributed by atoms with Crippen molar-refractivity contribution < 1.29 is 9.72 Å². The molecule has 0 saturated heterocycles. The monoisotopic (exact) mass is 320 g/mol. The molecule has 0 radical (unpaired) electrons. The molecule has 0 aromatic carbocycles. The van der Waals surface area contributed by atoms with E-state index in [9.17, 15) is 14.9 Å². The Labute approximate surface area is 133 Å². The summed E-state index contributed by atoms with van der Waals surface area (Å²) in [5.41, 5.74) is 1.12. The first-order valence-electron chi connectivity index (χ1n) is 7.36. The summed E-state index contributed by atoms with van der Waals surface area (Å²) in [6, 6.07) is 1.68. The molecule has 124 valence electrons. The lowest BCUT2D eigenvalue weighted by Crippen LogP contribution is -2.32. The van der Waals surface area contributed by atoms with Gasteiger partial charge in [0, 0.05) is 12.2 Å². The van der Waals surface area contributed by atoms with Gasteiger partial charge in [-0.1, -0.05) is 6.92 Å². The highest BCUT2D eigenvalue weighted by Crippen LogP contribution is 2.21. The lowest BCUT2D eigenvalue weighted by Gasteiger charge is -2.09. The molecular weight excluding hydrogens is 300 g/mol. The Kier molecular flexibility index (Phi) is 4.77. The lowest BCUT2D eigenvalue weighted by molar-refractivity contribution is -0.386. The fourth-order valence-corrected chi connectivity index (χ4v) is 2.19. The van der Waals surface area contributed by atoms with Gasteiger partial charge in [0.2, 0.25) is 0 Å². The predicted octanol–water partition coefficient (Wildman–Crippen LogP) is 1.64. The van der Waals surface area contributed by atoms with E-state index in [1.165, 1.54) is 9.36 Å². The SMILES string of the molecule is CCC(C)NC(=O)c1ccn(Cn2nc(C)c([N+](=O)[O-])c2C)n1. The molecule has 1 amide bonds. The molecule has 2 rings (SSSR count). The van der Waals surface area contributed by atoms with Gasteiger partial charge in [-0.15, -0.1) is 0 Å². The van der Waals surface area contributed by atoms with E-state index in [-0.39, 0.29) is 24.3 Å². The van der Waals surface area contributed by atoms with Crippen LogP contribution in [0.25, 0.3) is 0 Å². The Morgan fingerprint density at radius 3 is 2.70 bits per heavy atom. The van der Waals surface area contributed by atoms with Crippen LogP contribution in [0.1, 0.15) is 42.1 Å². The van der Waals surface area contributed by atoms with Crippen molar-refractivity contribution >= 4 is 11.6 Å². The number of amides is 1. The summed E-state index contributed by atoms with van der Waals surface area (Å²) < 4.78 is 3.02. The molecule has 2 aromatic heterocycles. The summed E-state index contributed by atoms with van der Waals surface area (Å²) in [5, 5.41) is 22.2. The van der Waals surface area contributed by atoms with Gasteiger partial charge in [-0.3, -0.25) is 19.6 Å². The first-order chi connectivity index (χ1) is 10.8. The van der Waals surface area contributed by atoms with Gasteiger partial charge in [-0.2, -0.15) is 10.2 Å². The molecule has 9 heteroatoms. The second kappa shape index (κ2) is 6.59. The van der Waals surface area contributed by atoms with Crippen molar-refractivity contribution in [2.24, 2.45) is 0 Å². The topological polar surface area (TPSA) is 108 Å². The lowest BCUT2D eigenvalue weighted by atomic mass is 10.2. The van der Waals surface area contributed by atoms with Gasteiger partial charge in [0.05, 0.1) is 4.92 Å². The van der Waals surface area contributed by atoms with Crippen LogP contribution in [0, 0.1) is 24.0 Å². The van der Waals surface area contributed by atoms with E-state index in [0.717, 1.165) is 6.42 Å². The first-order valence-corrected chi connectivity index (χ1v) is 7.36. The first kappa shape index (κ1) is 16.7. The maximum absolute atomic E-state index is 12.0. The zero-order chi connectivity index (χ0) is 17.1. The minimum atomic E-state index is -0.442. The number of nitrogens with one attached hydrogen (secondary N) is 1. The molecule has 0 spiro atoms. The van der Waals surface area contributed by atoms with E-state index in [1.807, 2.05) is 13.8 Å².